The number of aryl methyl sites for hydroxylation is 1. The molecule has 2 aromatic carbocycles. The highest BCUT2D eigenvalue weighted by atomic mass is 79.9. The average molecular weight is 414 g/mol. The second-order valence-corrected chi connectivity index (χ2v) is 6.60. The lowest BCUT2D eigenvalue weighted by molar-refractivity contribution is -0.123. The van der Waals surface area contributed by atoms with E-state index >= 15 is 0 Å². The van der Waals surface area contributed by atoms with Crippen molar-refractivity contribution in [2.24, 2.45) is 5.10 Å². The van der Waals surface area contributed by atoms with Gasteiger partial charge in [0.1, 0.15) is 5.75 Å². The van der Waals surface area contributed by atoms with E-state index in [1.807, 2.05) is 49.4 Å². The van der Waals surface area contributed by atoms with Crippen LogP contribution in [0.1, 0.15) is 11.1 Å². The van der Waals surface area contributed by atoms with E-state index in [1.54, 1.807) is 0 Å². The molecule has 6 nitrogen and oxygen atoms in total. The van der Waals surface area contributed by atoms with Crippen LogP contribution in [0.4, 0.5) is 0 Å². The summed E-state index contributed by atoms with van der Waals surface area (Å²) < 4.78 is 6.47. The second-order valence-electron chi connectivity index (χ2n) is 5.68. The first-order valence-corrected chi connectivity index (χ1v) is 8.64. The zero-order chi connectivity index (χ0) is 18.5. The SMILES string of the molecule is Cc1ccc2c(OCC(=O)N/N=C/c3ccc(Br)cc3)cc(=O)[nH]c2c1. The van der Waals surface area contributed by atoms with Crippen molar-refractivity contribution in [1.82, 2.24) is 10.4 Å². The maximum Gasteiger partial charge on any atom is 0.277 e. The minimum atomic E-state index is -0.418. The largest absolute Gasteiger partial charge is 0.483 e. The highest BCUT2D eigenvalue weighted by Gasteiger charge is 2.07. The highest BCUT2D eigenvalue weighted by molar-refractivity contribution is 9.10. The molecule has 0 aliphatic carbocycles. The number of nitrogens with zero attached hydrogens (tertiary/aromatic N) is 1. The summed E-state index contributed by atoms with van der Waals surface area (Å²) in [5.74, 6) is -0.0605. The highest BCUT2D eigenvalue weighted by Crippen LogP contribution is 2.22. The molecule has 26 heavy (non-hydrogen) atoms. The van der Waals surface area contributed by atoms with Gasteiger partial charge in [-0.2, -0.15) is 5.10 Å². The van der Waals surface area contributed by atoms with Gasteiger partial charge in [0.05, 0.1) is 11.7 Å². The number of carbonyl (C=O) groups excluding carboxylic acids is 1. The van der Waals surface area contributed by atoms with Gasteiger partial charge in [0.2, 0.25) is 0 Å². The number of fused-ring (bicyclic) bond motifs is 1. The molecule has 3 aromatic rings. The van der Waals surface area contributed by atoms with E-state index in [9.17, 15) is 9.59 Å². The fourth-order valence-electron chi connectivity index (χ4n) is 2.36. The number of carbonyl (C=O) groups is 1. The van der Waals surface area contributed by atoms with Crippen LogP contribution in [-0.2, 0) is 4.79 Å². The summed E-state index contributed by atoms with van der Waals surface area (Å²) in [6.45, 7) is 1.69. The zero-order valence-electron chi connectivity index (χ0n) is 14.0. The predicted octanol–water partition coefficient (Wildman–Crippen LogP) is 3.13. The van der Waals surface area contributed by atoms with Crippen molar-refractivity contribution in [2.45, 2.75) is 6.92 Å². The molecule has 0 fully saturated rings. The lowest BCUT2D eigenvalue weighted by Gasteiger charge is -2.08. The third-order valence-electron chi connectivity index (χ3n) is 3.59. The standard InChI is InChI=1S/C19H16BrN3O3/c1-12-2-7-15-16(8-12)22-18(24)9-17(15)26-11-19(25)23-21-10-13-3-5-14(20)6-4-13/h2-10H,11H2,1H3,(H,22,24)(H,23,25)/b21-10+. The summed E-state index contributed by atoms with van der Waals surface area (Å²) in [5.41, 5.74) is 4.65. The number of pyridine rings is 1. The van der Waals surface area contributed by atoms with Gasteiger partial charge in [-0.3, -0.25) is 9.59 Å². The van der Waals surface area contributed by atoms with Crippen molar-refractivity contribution in [3.63, 3.8) is 0 Å². The van der Waals surface area contributed by atoms with Crippen LogP contribution in [0, 0.1) is 6.92 Å². The van der Waals surface area contributed by atoms with Crippen molar-refractivity contribution in [1.29, 1.82) is 0 Å². The minimum Gasteiger partial charge on any atom is -0.483 e. The third kappa shape index (κ3) is 4.58. The Labute approximate surface area is 158 Å². The van der Waals surface area contributed by atoms with Crippen molar-refractivity contribution in [3.8, 4) is 5.75 Å². The number of hydrogen-bond acceptors (Lipinski definition) is 4. The summed E-state index contributed by atoms with van der Waals surface area (Å²) in [6, 6.07) is 14.4. The van der Waals surface area contributed by atoms with Gasteiger partial charge in [0.25, 0.3) is 11.5 Å². The van der Waals surface area contributed by atoms with Crippen molar-refractivity contribution in [2.75, 3.05) is 6.61 Å². The number of hydrogen-bond donors (Lipinski definition) is 2. The van der Waals surface area contributed by atoms with Gasteiger partial charge in [-0.15, -0.1) is 0 Å². The van der Waals surface area contributed by atoms with E-state index in [0.29, 0.717) is 11.3 Å². The number of aromatic amines is 1. The normalized spacial score (nSPS) is 11.0. The Kier molecular flexibility index (Phi) is 5.48. The number of hydrazone groups is 1. The van der Waals surface area contributed by atoms with Crippen LogP contribution in [0.15, 0.2) is 62.9 Å². The Morgan fingerprint density at radius 1 is 1.23 bits per heavy atom. The fourth-order valence-corrected chi connectivity index (χ4v) is 2.63. The van der Waals surface area contributed by atoms with Crippen LogP contribution in [0.2, 0.25) is 0 Å². The fraction of sp³-hybridized carbons (Fsp3) is 0.105. The molecular formula is C19H16BrN3O3. The zero-order valence-corrected chi connectivity index (χ0v) is 15.5. The number of aromatic nitrogens is 1. The monoisotopic (exact) mass is 413 g/mol. The molecule has 1 aromatic heterocycles. The number of benzene rings is 2. The molecular weight excluding hydrogens is 398 g/mol. The number of H-pyrrole nitrogens is 1. The van der Waals surface area contributed by atoms with E-state index in [4.69, 9.17) is 4.74 Å². The van der Waals surface area contributed by atoms with Crippen molar-refractivity contribution >= 4 is 39.0 Å². The number of ether oxygens (including phenoxy) is 1. The first-order valence-electron chi connectivity index (χ1n) is 7.85. The first-order chi connectivity index (χ1) is 12.5. The van der Waals surface area contributed by atoms with Crippen LogP contribution in [0.3, 0.4) is 0 Å². The minimum absolute atomic E-state index is 0.246. The van der Waals surface area contributed by atoms with Gasteiger partial charge in [-0.1, -0.05) is 34.1 Å². The Morgan fingerprint density at radius 2 is 2.00 bits per heavy atom. The lowest BCUT2D eigenvalue weighted by atomic mass is 10.1. The molecule has 0 bridgehead atoms. The summed E-state index contributed by atoms with van der Waals surface area (Å²) >= 11 is 3.35. The molecule has 132 valence electrons. The first kappa shape index (κ1) is 17.9. The Morgan fingerprint density at radius 3 is 2.77 bits per heavy atom. The Hall–Kier alpha value is -2.93. The van der Waals surface area contributed by atoms with E-state index in [-0.39, 0.29) is 12.2 Å². The third-order valence-corrected chi connectivity index (χ3v) is 4.12. The smallest absolute Gasteiger partial charge is 0.277 e. The molecule has 0 saturated heterocycles. The number of amides is 1. The van der Waals surface area contributed by atoms with Crippen LogP contribution in [0.5, 0.6) is 5.75 Å². The van der Waals surface area contributed by atoms with E-state index in [0.717, 1.165) is 21.0 Å². The summed E-state index contributed by atoms with van der Waals surface area (Å²) in [4.78, 5) is 26.4. The lowest BCUT2D eigenvalue weighted by Crippen LogP contribution is -2.25. The van der Waals surface area contributed by atoms with Gasteiger partial charge in [-0.25, -0.2) is 5.43 Å². The summed E-state index contributed by atoms with van der Waals surface area (Å²) in [7, 11) is 0. The van der Waals surface area contributed by atoms with Crippen LogP contribution in [0.25, 0.3) is 10.9 Å². The molecule has 1 amide bonds. The van der Waals surface area contributed by atoms with Gasteiger partial charge in [0.15, 0.2) is 6.61 Å². The molecule has 0 radical (unpaired) electrons. The van der Waals surface area contributed by atoms with Gasteiger partial charge < -0.3 is 9.72 Å². The van der Waals surface area contributed by atoms with Crippen molar-refractivity contribution in [3.05, 3.63) is 74.5 Å². The quantitative estimate of drug-likeness (QED) is 0.497. The number of rotatable bonds is 5. The maximum absolute atomic E-state index is 11.9. The topological polar surface area (TPSA) is 83.5 Å². The van der Waals surface area contributed by atoms with Crippen molar-refractivity contribution < 1.29 is 9.53 Å². The molecule has 3 rings (SSSR count). The molecule has 0 aliphatic rings. The van der Waals surface area contributed by atoms with Crippen LogP contribution in [-0.4, -0.2) is 23.7 Å². The Balaban J connectivity index is 1.63. The van der Waals surface area contributed by atoms with E-state index < -0.39 is 5.91 Å². The van der Waals surface area contributed by atoms with Crippen LogP contribution < -0.4 is 15.7 Å². The molecule has 0 unspecified atom stereocenters. The van der Waals surface area contributed by atoms with Gasteiger partial charge in [-0.05, 0) is 42.3 Å². The second kappa shape index (κ2) is 7.97. The van der Waals surface area contributed by atoms with E-state index in [1.165, 1.54) is 12.3 Å². The summed E-state index contributed by atoms with van der Waals surface area (Å²) in [6.07, 6.45) is 1.54. The number of halogens is 1. The van der Waals surface area contributed by atoms with Gasteiger partial charge in [0, 0.05) is 15.9 Å². The number of nitrogens with one attached hydrogen (secondary N) is 2. The molecule has 1 heterocycles. The molecule has 7 heteroatoms. The molecule has 0 saturated carbocycles. The molecule has 0 atom stereocenters. The molecule has 2 N–H and O–H groups in total. The summed E-state index contributed by atoms with van der Waals surface area (Å²) in [5, 5.41) is 4.62. The average Bonchev–Trinajstić information content (AvgIpc) is 2.61. The Bertz CT molecular complexity index is 1030. The predicted molar refractivity (Wildman–Crippen MR) is 105 cm³/mol. The van der Waals surface area contributed by atoms with Gasteiger partial charge >= 0.3 is 0 Å². The van der Waals surface area contributed by atoms with Crippen LogP contribution >= 0.6 is 15.9 Å². The maximum atomic E-state index is 11.9. The van der Waals surface area contributed by atoms with E-state index in [2.05, 4.69) is 31.4 Å². The molecule has 0 spiro atoms. The molecule has 0 aliphatic heterocycles.